The van der Waals surface area contributed by atoms with Crippen LogP contribution in [0.1, 0.15) is 59.3 Å². The molecule has 0 rings (SSSR count). The molecule has 3 N–H and O–H groups in total. The van der Waals surface area contributed by atoms with Gasteiger partial charge in [0.1, 0.15) is 6.04 Å². The van der Waals surface area contributed by atoms with Gasteiger partial charge >= 0.3 is 5.97 Å². The van der Waals surface area contributed by atoms with Gasteiger partial charge in [0.2, 0.25) is 11.8 Å². The summed E-state index contributed by atoms with van der Waals surface area (Å²) in [6.45, 7) is 5.94. The number of hydrogen-bond acceptors (Lipinski definition) is 5. The lowest BCUT2D eigenvalue weighted by Crippen LogP contribution is -2.45. The van der Waals surface area contributed by atoms with Crippen LogP contribution < -0.4 is 10.8 Å². The molecular formula is C16H30N2O5. The fraction of sp³-hybridized carbons (Fsp3) is 0.812. The van der Waals surface area contributed by atoms with E-state index >= 15 is 0 Å². The van der Waals surface area contributed by atoms with E-state index in [1.165, 1.54) is 7.11 Å². The van der Waals surface area contributed by atoms with Crippen LogP contribution in [0.15, 0.2) is 0 Å². The van der Waals surface area contributed by atoms with Gasteiger partial charge in [0.15, 0.2) is 0 Å². The molecule has 0 heterocycles. The van der Waals surface area contributed by atoms with E-state index < -0.39 is 23.8 Å². The highest BCUT2D eigenvalue weighted by atomic mass is 16.5. The first kappa shape index (κ1) is 21.4. The first-order valence-electron chi connectivity index (χ1n) is 8.16. The number of amides is 2. The molecule has 0 aromatic heterocycles. The molecule has 0 aliphatic rings. The average Bonchev–Trinajstić information content (AvgIpc) is 2.51. The molecule has 0 spiro atoms. The van der Waals surface area contributed by atoms with Crippen LogP contribution in [0.25, 0.3) is 0 Å². The van der Waals surface area contributed by atoms with Gasteiger partial charge in [-0.05, 0) is 18.8 Å². The van der Waals surface area contributed by atoms with Crippen LogP contribution in [-0.2, 0) is 19.1 Å². The van der Waals surface area contributed by atoms with Crippen molar-refractivity contribution in [3.8, 4) is 0 Å². The third kappa shape index (κ3) is 9.18. The topological polar surface area (TPSA) is 105 Å². The molecule has 7 heteroatoms. The van der Waals surface area contributed by atoms with Crippen LogP contribution in [0, 0.1) is 11.8 Å². The zero-order chi connectivity index (χ0) is 17.8. The summed E-state index contributed by atoms with van der Waals surface area (Å²) in [7, 11) is 1.28. The lowest BCUT2D eigenvalue weighted by atomic mass is 9.95. The summed E-state index contributed by atoms with van der Waals surface area (Å²) in [4.78, 5) is 35.6. The molecule has 0 aromatic rings. The number of hydrogen-bond donors (Lipinski definition) is 3. The van der Waals surface area contributed by atoms with Gasteiger partial charge in [-0.15, -0.1) is 0 Å². The summed E-state index contributed by atoms with van der Waals surface area (Å²) in [5.41, 5.74) is 1.55. The van der Waals surface area contributed by atoms with Gasteiger partial charge in [0, 0.05) is 12.3 Å². The van der Waals surface area contributed by atoms with E-state index in [0.29, 0.717) is 12.8 Å². The molecule has 2 atom stereocenters. The number of hydroxylamine groups is 1. The Kier molecular flexibility index (Phi) is 11.0. The first-order chi connectivity index (χ1) is 10.8. The van der Waals surface area contributed by atoms with E-state index in [1.807, 2.05) is 20.8 Å². The van der Waals surface area contributed by atoms with E-state index in [1.54, 1.807) is 5.48 Å². The largest absolute Gasteiger partial charge is 0.467 e. The number of rotatable bonds is 11. The zero-order valence-electron chi connectivity index (χ0n) is 14.6. The molecule has 7 nitrogen and oxygen atoms in total. The van der Waals surface area contributed by atoms with Crippen LogP contribution in [0.3, 0.4) is 0 Å². The summed E-state index contributed by atoms with van der Waals surface area (Å²) >= 11 is 0. The highest BCUT2D eigenvalue weighted by Gasteiger charge is 2.27. The Morgan fingerprint density at radius 3 is 2.30 bits per heavy atom. The van der Waals surface area contributed by atoms with E-state index in [9.17, 15) is 14.4 Å². The summed E-state index contributed by atoms with van der Waals surface area (Å²) in [5.74, 6) is -1.83. The van der Waals surface area contributed by atoms with Gasteiger partial charge in [-0.2, -0.15) is 0 Å². The van der Waals surface area contributed by atoms with Crippen LogP contribution in [0.5, 0.6) is 0 Å². The molecule has 0 radical (unpaired) electrons. The predicted molar refractivity (Wildman–Crippen MR) is 85.6 cm³/mol. The second kappa shape index (κ2) is 11.9. The van der Waals surface area contributed by atoms with Crippen LogP contribution in [0.4, 0.5) is 0 Å². The van der Waals surface area contributed by atoms with Crippen LogP contribution in [-0.4, -0.2) is 36.1 Å². The fourth-order valence-electron chi connectivity index (χ4n) is 2.35. The van der Waals surface area contributed by atoms with Gasteiger partial charge < -0.3 is 10.1 Å². The summed E-state index contributed by atoms with van der Waals surface area (Å²) in [6, 6.07) is -0.724. The molecule has 0 unspecified atom stereocenters. The molecule has 0 saturated heterocycles. The molecule has 2 amide bonds. The van der Waals surface area contributed by atoms with Crippen molar-refractivity contribution in [3.63, 3.8) is 0 Å². The van der Waals surface area contributed by atoms with Gasteiger partial charge in [0.05, 0.1) is 7.11 Å². The molecule has 0 aliphatic heterocycles. The zero-order valence-corrected chi connectivity index (χ0v) is 14.6. The minimum Gasteiger partial charge on any atom is -0.467 e. The molecule has 134 valence electrons. The Morgan fingerprint density at radius 1 is 1.17 bits per heavy atom. The van der Waals surface area contributed by atoms with Gasteiger partial charge in [-0.1, -0.05) is 40.0 Å². The van der Waals surface area contributed by atoms with E-state index in [0.717, 1.165) is 19.3 Å². The van der Waals surface area contributed by atoms with Crippen molar-refractivity contribution in [2.75, 3.05) is 7.11 Å². The molecule has 23 heavy (non-hydrogen) atoms. The Bertz CT molecular complexity index is 385. The second-order valence-corrected chi connectivity index (χ2v) is 6.15. The summed E-state index contributed by atoms with van der Waals surface area (Å²) < 4.78 is 4.72. The maximum atomic E-state index is 12.4. The van der Waals surface area contributed by atoms with Crippen LogP contribution in [0.2, 0.25) is 0 Å². The Balaban J connectivity index is 4.86. The normalized spacial score (nSPS) is 13.3. The fourth-order valence-corrected chi connectivity index (χ4v) is 2.35. The third-order valence-corrected chi connectivity index (χ3v) is 3.59. The van der Waals surface area contributed by atoms with Crippen molar-refractivity contribution in [3.05, 3.63) is 0 Å². The number of esters is 1. The molecule has 0 aromatic carbocycles. The molecule has 0 saturated carbocycles. The standard InChI is InChI=1S/C16H30N2O5/c1-5-6-7-8-12(10-14(19)18-22)15(20)17-13(9-11(2)3)16(21)23-4/h11-13,22H,5-10H2,1-4H3,(H,17,20)(H,18,19)/t12-,13+/m1/s1. The highest BCUT2D eigenvalue weighted by Crippen LogP contribution is 2.16. The van der Waals surface area contributed by atoms with Crippen molar-refractivity contribution >= 4 is 17.8 Å². The maximum absolute atomic E-state index is 12.4. The van der Waals surface area contributed by atoms with E-state index in [-0.39, 0.29) is 18.2 Å². The molecule has 0 fully saturated rings. The van der Waals surface area contributed by atoms with E-state index in [2.05, 4.69) is 5.32 Å². The number of methoxy groups -OCH3 is 1. The smallest absolute Gasteiger partial charge is 0.328 e. The molecule has 0 bridgehead atoms. The summed E-state index contributed by atoms with van der Waals surface area (Å²) in [5, 5.41) is 11.3. The van der Waals surface area contributed by atoms with Gasteiger partial charge in [-0.3, -0.25) is 14.8 Å². The highest BCUT2D eigenvalue weighted by molar-refractivity contribution is 5.88. The van der Waals surface area contributed by atoms with Gasteiger partial charge in [-0.25, -0.2) is 10.3 Å². The number of unbranched alkanes of at least 4 members (excludes halogenated alkanes) is 2. The SMILES string of the molecule is CCCCC[C@H](CC(=O)NO)C(=O)N[C@@H](CC(C)C)C(=O)OC. The molecule has 0 aliphatic carbocycles. The van der Waals surface area contributed by atoms with Crippen molar-refractivity contribution in [2.45, 2.75) is 65.3 Å². The molecular weight excluding hydrogens is 300 g/mol. The Labute approximate surface area is 138 Å². The Morgan fingerprint density at radius 2 is 1.83 bits per heavy atom. The minimum atomic E-state index is -0.724. The third-order valence-electron chi connectivity index (χ3n) is 3.59. The maximum Gasteiger partial charge on any atom is 0.328 e. The Hall–Kier alpha value is -1.63. The predicted octanol–water partition coefficient (Wildman–Crippen LogP) is 1.78. The number of ether oxygens (including phenoxy) is 1. The van der Waals surface area contributed by atoms with Crippen molar-refractivity contribution in [1.29, 1.82) is 0 Å². The van der Waals surface area contributed by atoms with Crippen LogP contribution >= 0.6 is 0 Å². The van der Waals surface area contributed by atoms with Gasteiger partial charge in [0.25, 0.3) is 0 Å². The minimum absolute atomic E-state index is 0.110. The number of carbonyl (C=O) groups excluding carboxylic acids is 3. The van der Waals surface area contributed by atoms with Crippen molar-refractivity contribution < 1.29 is 24.3 Å². The lowest BCUT2D eigenvalue weighted by molar-refractivity contribution is -0.146. The van der Waals surface area contributed by atoms with E-state index in [4.69, 9.17) is 9.94 Å². The van der Waals surface area contributed by atoms with Crippen molar-refractivity contribution in [2.24, 2.45) is 11.8 Å². The monoisotopic (exact) mass is 330 g/mol. The second-order valence-electron chi connectivity index (χ2n) is 6.15. The number of carbonyl (C=O) groups is 3. The first-order valence-corrected chi connectivity index (χ1v) is 8.16. The van der Waals surface area contributed by atoms with Crippen molar-refractivity contribution in [1.82, 2.24) is 10.8 Å². The summed E-state index contributed by atoms with van der Waals surface area (Å²) in [6.07, 6.45) is 3.65. The quantitative estimate of drug-likeness (QED) is 0.232. The lowest BCUT2D eigenvalue weighted by Gasteiger charge is -2.22. The number of nitrogens with one attached hydrogen (secondary N) is 2. The average molecular weight is 330 g/mol.